The third kappa shape index (κ3) is 5.46. The lowest BCUT2D eigenvalue weighted by molar-refractivity contribution is 0.0955. The van der Waals surface area contributed by atoms with Crippen LogP contribution >= 0.6 is 11.6 Å². The van der Waals surface area contributed by atoms with Gasteiger partial charge in [-0.25, -0.2) is 5.43 Å². The van der Waals surface area contributed by atoms with Crippen molar-refractivity contribution in [1.82, 2.24) is 10.4 Å². The number of nitrogens with zero attached hydrogens (tertiary/aromatic N) is 2. The summed E-state index contributed by atoms with van der Waals surface area (Å²) in [5.74, 6) is 0.716. The van der Waals surface area contributed by atoms with Gasteiger partial charge in [0.05, 0.1) is 30.0 Å². The molecule has 0 aliphatic heterocycles. The number of ether oxygens (including phenoxy) is 2. The Bertz CT molecular complexity index is 736. The Morgan fingerprint density at radius 3 is 2.88 bits per heavy atom. The average molecular weight is 362 g/mol. The molecule has 0 saturated carbocycles. The molecule has 25 heavy (non-hydrogen) atoms. The molecule has 1 amide bonds. The fraction of sp³-hybridized carbons (Fsp3) is 0.278. The van der Waals surface area contributed by atoms with Gasteiger partial charge in [-0.2, -0.15) is 5.10 Å². The van der Waals surface area contributed by atoms with Gasteiger partial charge < -0.3 is 9.47 Å². The van der Waals surface area contributed by atoms with Crippen molar-refractivity contribution in [3.63, 3.8) is 0 Å². The van der Waals surface area contributed by atoms with E-state index in [0.29, 0.717) is 40.9 Å². The van der Waals surface area contributed by atoms with Crippen molar-refractivity contribution in [2.45, 2.75) is 20.3 Å². The van der Waals surface area contributed by atoms with E-state index >= 15 is 0 Å². The summed E-state index contributed by atoms with van der Waals surface area (Å²) in [5.41, 5.74) is 3.55. The standard InChI is InChI=1S/C18H20ClN3O3/c1-3-8-25-17-15(19)9-13(10-16(17)24-4-2)11-21-22-18(23)14-6-5-7-20-12-14/h5-7,9-12H,3-4,8H2,1-2H3,(H,22,23)/b21-11+. The van der Waals surface area contributed by atoms with Crippen molar-refractivity contribution < 1.29 is 14.3 Å². The molecule has 2 rings (SSSR count). The molecule has 1 heterocycles. The Morgan fingerprint density at radius 1 is 1.36 bits per heavy atom. The minimum atomic E-state index is -0.344. The molecule has 0 saturated heterocycles. The van der Waals surface area contributed by atoms with Crippen molar-refractivity contribution in [1.29, 1.82) is 0 Å². The number of pyridine rings is 1. The molecule has 6 nitrogen and oxygen atoms in total. The maximum Gasteiger partial charge on any atom is 0.272 e. The van der Waals surface area contributed by atoms with Gasteiger partial charge >= 0.3 is 0 Å². The van der Waals surface area contributed by atoms with Crippen LogP contribution in [0.3, 0.4) is 0 Å². The van der Waals surface area contributed by atoms with Crippen LogP contribution in [0.1, 0.15) is 36.2 Å². The topological polar surface area (TPSA) is 72.8 Å². The van der Waals surface area contributed by atoms with E-state index in [0.717, 1.165) is 6.42 Å². The number of hydrazone groups is 1. The van der Waals surface area contributed by atoms with Gasteiger partial charge in [0.1, 0.15) is 0 Å². The zero-order valence-corrected chi connectivity index (χ0v) is 14.9. The highest BCUT2D eigenvalue weighted by Crippen LogP contribution is 2.36. The molecule has 0 aliphatic carbocycles. The molecule has 1 aromatic heterocycles. The fourth-order valence-corrected chi connectivity index (χ4v) is 2.27. The number of halogens is 1. The van der Waals surface area contributed by atoms with Crippen LogP contribution < -0.4 is 14.9 Å². The lowest BCUT2D eigenvalue weighted by atomic mass is 10.2. The van der Waals surface area contributed by atoms with Crippen LogP contribution in [0.4, 0.5) is 0 Å². The first-order chi connectivity index (χ1) is 12.2. The van der Waals surface area contributed by atoms with Gasteiger partial charge in [-0.15, -0.1) is 0 Å². The first-order valence-corrected chi connectivity index (χ1v) is 8.36. The summed E-state index contributed by atoms with van der Waals surface area (Å²) in [7, 11) is 0. The molecule has 0 aliphatic rings. The van der Waals surface area contributed by atoms with E-state index in [-0.39, 0.29) is 5.91 Å². The summed E-state index contributed by atoms with van der Waals surface area (Å²) < 4.78 is 11.2. The molecule has 0 unspecified atom stereocenters. The number of benzene rings is 1. The van der Waals surface area contributed by atoms with Crippen LogP contribution in [0.5, 0.6) is 11.5 Å². The highest BCUT2D eigenvalue weighted by atomic mass is 35.5. The quantitative estimate of drug-likeness (QED) is 0.575. The van der Waals surface area contributed by atoms with Crippen LogP contribution in [-0.2, 0) is 0 Å². The number of nitrogens with one attached hydrogen (secondary N) is 1. The summed E-state index contributed by atoms with van der Waals surface area (Å²) in [6, 6.07) is 6.80. The molecule has 132 valence electrons. The smallest absolute Gasteiger partial charge is 0.272 e. The molecule has 2 aromatic rings. The number of hydrogen-bond donors (Lipinski definition) is 1. The predicted molar refractivity (Wildman–Crippen MR) is 97.7 cm³/mol. The minimum absolute atomic E-state index is 0.344. The van der Waals surface area contributed by atoms with E-state index in [1.165, 1.54) is 12.4 Å². The molecule has 0 radical (unpaired) electrons. The zero-order valence-electron chi connectivity index (χ0n) is 14.2. The van der Waals surface area contributed by atoms with Crippen LogP contribution in [-0.4, -0.2) is 30.3 Å². The normalized spacial score (nSPS) is 10.7. The molecule has 1 N–H and O–H groups in total. The fourth-order valence-electron chi connectivity index (χ4n) is 2.00. The highest BCUT2D eigenvalue weighted by Gasteiger charge is 2.12. The van der Waals surface area contributed by atoms with Gasteiger partial charge in [0.2, 0.25) is 0 Å². The van der Waals surface area contributed by atoms with E-state index < -0.39 is 0 Å². The van der Waals surface area contributed by atoms with Crippen molar-refractivity contribution in [3.8, 4) is 11.5 Å². The molecule has 0 atom stereocenters. The van der Waals surface area contributed by atoms with Crippen LogP contribution in [0.15, 0.2) is 41.8 Å². The summed E-state index contributed by atoms with van der Waals surface area (Å²) in [4.78, 5) is 15.8. The second-order valence-electron chi connectivity index (χ2n) is 5.05. The number of amides is 1. The summed E-state index contributed by atoms with van der Waals surface area (Å²) in [6.45, 7) is 4.93. The lowest BCUT2D eigenvalue weighted by Crippen LogP contribution is -2.17. The molecule has 7 heteroatoms. The van der Waals surface area contributed by atoms with Crippen molar-refractivity contribution in [2.24, 2.45) is 5.10 Å². The Kier molecular flexibility index (Phi) is 7.22. The molecule has 0 fully saturated rings. The molecule has 0 spiro atoms. The summed E-state index contributed by atoms with van der Waals surface area (Å²) >= 11 is 6.28. The van der Waals surface area contributed by atoms with E-state index in [1.807, 2.05) is 13.8 Å². The van der Waals surface area contributed by atoms with Crippen molar-refractivity contribution in [3.05, 3.63) is 52.8 Å². The third-order valence-electron chi connectivity index (χ3n) is 3.09. The van der Waals surface area contributed by atoms with E-state index in [9.17, 15) is 4.79 Å². The van der Waals surface area contributed by atoms with E-state index in [2.05, 4.69) is 15.5 Å². The summed E-state index contributed by atoms with van der Waals surface area (Å²) in [5, 5.41) is 4.37. The zero-order chi connectivity index (χ0) is 18.1. The van der Waals surface area contributed by atoms with Gasteiger partial charge in [-0.05, 0) is 43.2 Å². The maximum absolute atomic E-state index is 11.9. The van der Waals surface area contributed by atoms with E-state index in [4.69, 9.17) is 21.1 Å². The van der Waals surface area contributed by atoms with Crippen LogP contribution in [0.2, 0.25) is 5.02 Å². The first kappa shape index (κ1) is 18.7. The van der Waals surface area contributed by atoms with E-state index in [1.54, 1.807) is 30.5 Å². The van der Waals surface area contributed by atoms with Crippen molar-refractivity contribution >= 4 is 23.7 Å². The lowest BCUT2D eigenvalue weighted by Gasteiger charge is -2.13. The highest BCUT2D eigenvalue weighted by molar-refractivity contribution is 6.32. The number of hydrogen-bond acceptors (Lipinski definition) is 5. The predicted octanol–water partition coefficient (Wildman–Crippen LogP) is 3.69. The van der Waals surface area contributed by atoms with Gasteiger partial charge in [0, 0.05) is 12.4 Å². The SMILES string of the molecule is CCCOc1c(Cl)cc(/C=N/NC(=O)c2cccnc2)cc1OCC. The molecular weight excluding hydrogens is 342 g/mol. The first-order valence-electron chi connectivity index (χ1n) is 7.98. The van der Waals surface area contributed by atoms with Gasteiger partial charge in [-0.3, -0.25) is 9.78 Å². The Morgan fingerprint density at radius 2 is 2.20 bits per heavy atom. The second kappa shape index (κ2) is 9.64. The number of carbonyl (C=O) groups excluding carboxylic acids is 1. The van der Waals surface area contributed by atoms with Gasteiger partial charge in [0.25, 0.3) is 5.91 Å². The maximum atomic E-state index is 11.9. The largest absolute Gasteiger partial charge is 0.490 e. The average Bonchev–Trinajstić information content (AvgIpc) is 2.62. The number of carbonyl (C=O) groups is 1. The van der Waals surface area contributed by atoms with Crippen LogP contribution in [0.25, 0.3) is 0 Å². The van der Waals surface area contributed by atoms with Crippen LogP contribution in [0, 0.1) is 0 Å². The van der Waals surface area contributed by atoms with Gasteiger partial charge in [-0.1, -0.05) is 18.5 Å². The number of rotatable bonds is 8. The molecule has 0 bridgehead atoms. The monoisotopic (exact) mass is 361 g/mol. The van der Waals surface area contributed by atoms with Crippen molar-refractivity contribution in [2.75, 3.05) is 13.2 Å². The molecular formula is C18H20ClN3O3. The Hall–Kier alpha value is -2.60. The molecule has 1 aromatic carbocycles. The van der Waals surface area contributed by atoms with Gasteiger partial charge in [0.15, 0.2) is 11.5 Å². The third-order valence-corrected chi connectivity index (χ3v) is 3.37. The Labute approximate surface area is 151 Å². The Balaban J connectivity index is 2.12. The second-order valence-corrected chi connectivity index (χ2v) is 5.46. The minimum Gasteiger partial charge on any atom is -0.490 e. The number of aromatic nitrogens is 1. The summed E-state index contributed by atoms with van der Waals surface area (Å²) in [6.07, 6.45) is 5.42.